The van der Waals surface area contributed by atoms with Crippen LogP contribution in [0.15, 0.2) is 30.3 Å². The maximum atomic E-state index is 6.39. The van der Waals surface area contributed by atoms with E-state index in [-0.39, 0.29) is 11.0 Å². The molecule has 4 atom stereocenters. The number of benzene rings is 1. The van der Waals surface area contributed by atoms with E-state index in [9.17, 15) is 0 Å². The lowest BCUT2D eigenvalue weighted by Gasteiger charge is -2.47. The summed E-state index contributed by atoms with van der Waals surface area (Å²) in [5.41, 5.74) is 1.67. The Hall–Kier alpha value is -0.860. The Kier molecular flexibility index (Phi) is 3.89. The van der Waals surface area contributed by atoms with Crippen molar-refractivity contribution in [2.24, 2.45) is 11.8 Å². The minimum Gasteiger partial charge on any atom is -0.292 e. The van der Waals surface area contributed by atoms with Crippen LogP contribution in [-0.4, -0.2) is 22.7 Å². The van der Waals surface area contributed by atoms with E-state index in [0.29, 0.717) is 23.9 Å². The van der Waals surface area contributed by atoms with Crippen molar-refractivity contribution in [3.05, 3.63) is 35.9 Å². The van der Waals surface area contributed by atoms with Gasteiger partial charge in [-0.1, -0.05) is 44.2 Å². The third-order valence-corrected chi connectivity index (χ3v) is 5.95. The van der Waals surface area contributed by atoms with E-state index in [1.54, 1.807) is 0 Å². The molecule has 0 radical (unpaired) electrons. The van der Waals surface area contributed by atoms with E-state index < -0.39 is 0 Å². The Morgan fingerprint density at radius 3 is 2.32 bits per heavy atom. The second-order valence-electron chi connectivity index (χ2n) is 8.56. The average molecular weight is 301 g/mol. The van der Waals surface area contributed by atoms with Gasteiger partial charge in [-0.25, -0.2) is 0 Å². The van der Waals surface area contributed by atoms with Gasteiger partial charge in [-0.05, 0) is 57.4 Å². The summed E-state index contributed by atoms with van der Waals surface area (Å²) in [5, 5.41) is 2.29. The molecule has 2 nitrogen and oxygen atoms in total. The monoisotopic (exact) mass is 301 g/mol. The topological polar surface area (TPSA) is 12.5 Å². The third kappa shape index (κ3) is 2.51. The normalized spacial score (nSPS) is 38.2. The van der Waals surface area contributed by atoms with Crippen LogP contribution in [0.4, 0.5) is 0 Å². The second-order valence-corrected chi connectivity index (χ2v) is 8.56. The lowest BCUT2D eigenvalue weighted by molar-refractivity contribution is -0.215. The van der Waals surface area contributed by atoms with Crippen molar-refractivity contribution in [2.75, 3.05) is 0 Å². The molecule has 0 bridgehead atoms. The van der Waals surface area contributed by atoms with Gasteiger partial charge in [0.05, 0.1) is 5.60 Å². The van der Waals surface area contributed by atoms with Gasteiger partial charge in [0.15, 0.2) is 0 Å². The van der Waals surface area contributed by atoms with Crippen LogP contribution in [0.1, 0.15) is 59.9 Å². The highest BCUT2D eigenvalue weighted by Crippen LogP contribution is 2.53. The second kappa shape index (κ2) is 5.35. The zero-order chi connectivity index (χ0) is 16.1. The molecule has 1 aromatic carbocycles. The summed E-state index contributed by atoms with van der Waals surface area (Å²) in [4.78, 5) is 6.39. The van der Waals surface area contributed by atoms with Gasteiger partial charge in [-0.3, -0.25) is 4.84 Å². The van der Waals surface area contributed by atoms with Crippen LogP contribution in [0.25, 0.3) is 0 Å². The standard InChI is InChI=1S/C20H31NO/c1-14(2)21-18-15(3)12-20(6,16-10-8-7-9-11-16)13-17(18)19(4,5)22-21/h7-11,14-15,17-18H,12-13H2,1-6H3/t15?,17?,18-,20?/m0/s1. The van der Waals surface area contributed by atoms with Crippen molar-refractivity contribution in [1.29, 1.82) is 0 Å². The van der Waals surface area contributed by atoms with Crippen LogP contribution in [0.5, 0.6) is 0 Å². The molecule has 2 fully saturated rings. The SMILES string of the molecule is CC1CC(C)(c2ccccc2)CC2[C@H]1N(C(C)C)OC2(C)C. The molecule has 3 unspecified atom stereocenters. The molecule has 2 aliphatic rings. The fourth-order valence-electron chi connectivity index (χ4n) is 4.93. The highest BCUT2D eigenvalue weighted by atomic mass is 16.7. The van der Waals surface area contributed by atoms with E-state index in [2.05, 4.69) is 76.9 Å². The molecule has 1 aromatic rings. The third-order valence-electron chi connectivity index (χ3n) is 5.95. The highest BCUT2D eigenvalue weighted by Gasteiger charge is 2.56. The molecular formula is C20H31NO. The van der Waals surface area contributed by atoms with Crippen molar-refractivity contribution < 1.29 is 4.84 Å². The van der Waals surface area contributed by atoms with E-state index in [1.807, 2.05) is 0 Å². The lowest BCUT2D eigenvalue weighted by Crippen LogP contribution is -2.50. The van der Waals surface area contributed by atoms with Gasteiger partial charge in [0, 0.05) is 18.0 Å². The molecule has 3 rings (SSSR count). The van der Waals surface area contributed by atoms with Gasteiger partial charge in [-0.15, -0.1) is 0 Å². The molecule has 0 N–H and O–H groups in total. The van der Waals surface area contributed by atoms with Crippen molar-refractivity contribution in [3.8, 4) is 0 Å². The van der Waals surface area contributed by atoms with Crippen molar-refractivity contribution in [3.63, 3.8) is 0 Å². The molecule has 1 saturated carbocycles. The number of nitrogens with zero attached hydrogens (tertiary/aromatic N) is 1. The highest BCUT2D eigenvalue weighted by molar-refractivity contribution is 5.27. The van der Waals surface area contributed by atoms with Gasteiger partial charge in [-0.2, -0.15) is 5.06 Å². The summed E-state index contributed by atoms with van der Waals surface area (Å²) in [7, 11) is 0. The van der Waals surface area contributed by atoms with Crippen molar-refractivity contribution in [1.82, 2.24) is 5.06 Å². The minimum atomic E-state index is -0.0698. The summed E-state index contributed by atoms with van der Waals surface area (Å²) < 4.78 is 0. The maximum absolute atomic E-state index is 6.39. The summed E-state index contributed by atoms with van der Waals surface area (Å²) in [6, 6.07) is 12.1. The first kappa shape index (κ1) is 16.0. The maximum Gasteiger partial charge on any atom is 0.0888 e. The molecule has 0 aromatic heterocycles. The largest absolute Gasteiger partial charge is 0.292 e. The molecule has 122 valence electrons. The van der Waals surface area contributed by atoms with Crippen LogP contribution in [-0.2, 0) is 10.3 Å². The summed E-state index contributed by atoms with van der Waals surface area (Å²) >= 11 is 0. The number of hydrogen-bond acceptors (Lipinski definition) is 2. The van der Waals surface area contributed by atoms with Crippen molar-refractivity contribution >= 4 is 0 Å². The van der Waals surface area contributed by atoms with Crippen molar-refractivity contribution in [2.45, 2.75) is 77.5 Å². The fourth-order valence-corrected chi connectivity index (χ4v) is 4.93. The molecule has 1 aliphatic carbocycles. The summed E-state index contributed by atoms with van der Waals surface area (Å²) in [6.07, 6.45) is 2.45. The van der Waals surface area contributed by atoms with Crippen LogP contribution < -0.4 is 0 Å². The predicted molar refractivity (Wildman–Crippen MR) is 91.6 cm³/mol. The van der Waals surface area contributed by atoms with Crippen LogP contribution in [0.3, 0.4) is 0 Å². The van der Waals surface area contributed by atoms with E-state index >= 15 is 0 Å². The number of hydroxylamine groups is 2. The Balaban J connectivity index is 1.95. The predicted octanol–water partition coefficient (Wildman–Crippen LogP) is 4.79. The van der Waals surface area contributed by atoms with Crippen LogP contribution >= 0.6 is 0 Å². The molecule has 0 spiro atoms. The number of rotatable bonds is 2. The Bertz CT molecular complexity index is 524. The smallest absolute Gasteiger partial charge is 0.0888 e. The van der Waals surface area contributed by atoms with E-state index in [0.717, 1.165) is 0 Å². The molecule has 1 heterocycles. The van der Waals surface area contributed by atoms with Crippen LogP contribution in [0, 0.1) is 11.8 Å². The first-order valence-corrected chi connectivity index (χ1v) is 8.77. The first-order chi connectivity index (χ1) is 10.2. The van der Waals surface area contributed by atoms with E-state index in [4.69, 9.17) is 4.84 Å². The van der Waals surface area contributed by atoms with Gasteiger partial charge < -0.3 is 0 Å². The first-order valence-electron chi connectivity index (χ1n) is 8.77. The zero-order valence-electron chi connectivity index (χ0n) is 15.0. The molecule has 1 aliphatic heterocycles. The van der Waals surface area contributed by atoms with Gasteiger partial charge in [0.25, 0.3) is 0 Å². The Labute approximate surface area is 135 Å². The quantitative estimate of drug-likeness (QED) is 0.778. The average Bonchev–Trinajstić information content (AvgIpc) is 2.72. The number of fused-ring (bicyclic) bond motifs is 1. The fraction of sp³-hybridized carbons (Fsp3) is 0.700. The molecule has 22 heavy (non-hydrogen) atoms. The van der Waals surface area contributed by atoms with E-state index in [1.165, 1.54) is 18.4 Å². The van der Waals surface area contributed by atoms with Gasteiger partial charge >= 0.3 is 0 Å². The Morgan fingerprint density at radius 2 is 1.73 bits per heavy atom. The zero-order valence-corrected chi connectivity index (χ0v) is 15.0. The summed E-state index contributed by atoms with van der Waals surface area (Å²) in [6.45, 7) is 13.9. The summed E-state index contributed by atoms with van der Waals surface area (Å²) in [5.74, 6) is 1.23. The molecule has 1 saturated heterocycles. The Morgan fingerprint density at radius 1 is 1.09 bits per heavy atom. The number of hydrogen-bond donors (Lipinski definition) is 0. The minimum absolute atomic E-state index is 0.0698. The molecule has 2 heteroatoms. The van der Waals surface area contributed by atoms with Gasteiger partial charge in [0.2, 0.25) is 0 Å². The van der Waals surface area contributed by atoms with Crippen LogP contribution in [0.2, 0.25) is 0 Å². The lowest BCUT2D eigenvalue weighted by atomic mass is 9.59. The molecule has 0 amide bonds. The van der Waals surface area contributed by atoms with Gasteiger partial charge in [0.1, 0.15) is 0 Å². The molecular weight excluding hydrogens is 270 g/mol.